The van der Waals surface area contributed by atoms with Crippen LogP contribution in [-0.4, -0.2) is 19.2 Å². The second-order valence-electron chi connectivity index (χ2n) is 5.29. The number of ether oxygens (including phenoxy) is 1. The van der Waals surface area contributed by atoms with Crippen LogP contribution in [0.3, 0.4) is 0 Å². The van der Waals surface area contributed by atoms with E-state index in [-0.39, 0.29) is 0 Å². The standard InChI is InChI=1S/C19H25NO/c1-2-14-20-18(16-17-9-5-3-6-10-17)13-15-21-19-11-7-4-8-12-19/h3-12,18,20H,2,13-16H2,1H3. The fourth-order valence-corrected chi connectivity index (χ4v) is 2.36. The summed E-state index contributed by atoms with van der Waals surface area (Å²) < 4.78 is 5.81. The number of rotatable bonds is 9. The molecule has 1 unspecified atom stereocenters. The van der Waals surface area contributed by atoms with Crippen LogP contribution in [0.4, 0.5) is 0 Å². The first-order chi connectivity index (χ1) is 10.4. The molecule has 0 saturated heterocycles. The van der Waals surface area contributed by atoms with Gasteiger partial charge in [0.15, 0.2) is 0 Å². The molecule has 0 heterocycles. The monoisotopic (exact) mass is 283 g/mol. The van der Waals surface area contributed by atoms with Gasteiger partial charge in [0.25, 0.3) is 0 Å². The predicted octanol–water partition coefficient (Wildman–Crippen LogP) is 4.07. The van der Waals surface area contributed by atoms with Crippen LogP contribution in [0.15, 0.2) is 60.7 Å². The fourth-order valence-electron chi connectivity index (χ4n) is 2.36. The Hall–Kier alpha value is -1.80. The van der Waals surface area contributed by atoms with Crippen LogP contribution < -0.4 is 10.1 Å². The molecule has 0 radical (unpaired) electrons. The quantitative estimate of drug-likeness (QED) is 0.749. The zero-order valence-corrected chi connectivity index (χ0v) is 12.8. The molecular formula is C19H25NO. The van der Waals surface area contributed by atoms with E-state index in [1.807, 2.05) is 30.3 Å². The third-order valence-electron chi connectivity index (χ3n) is 3.49. The predicted molar refractivity (Wildman–Crippen MR) is 88.8 cm³/mol. The van der Waals surface area contributed by atoms with Crippen LogP contribution in [0.25, 0.3) is 0 Å². The zero-order chi connectivity index (χ0) is 14.8. The van der Waals surface area contributed by atoms with Crippen LogP contribution >= 0.6 is 0 Å². The van der Waals surface area contributed by atoms with Gasteiger partial charge >= 0.3 is 0 Å². The van der Waals surface area contributed by atoms with Gasteiger partial charge in [0, 0.05) is 6.04 Å². The number of benzene rings is 2. The molecule has 21 heavy (non-hydrogen) atoms. The third-order valence-corrected chi connectivity index (χ3v) is 3.49. The van der Waals surface area contributed by atoms with Gasteiger partial charge in [0.1, 0.15) is 5.75 Å². The first kappa shape index (κ1) is 15.6. The highest BCUT2D eigenvalue weighted by Gasteiger charge is 2.09. The highest BCUT2D eigenvalue weighted by atomic mass is 16.5. The Balaban J connectivity index is 1.81. The van der Waals surface area contributed by atoms with Crippen LogP contribution in [0.1, 0.15) is 25.3 Å². The van der Waals surface area contributed by atoms with Crippen molar-refractivity contribution in [2.75, 3.05) is 13.2 Å². The van der Waals surface area contributed by atoms with Gasteiger partial charge in [0.2, 0.25) is 0 Å². The van der Waals surface area contributed by atoms with E-state index in [2.05, 4.69) is 42.6 Å². The summed E-state index contributed by atoms with van der Waals surface area (Å²) in [6, 6.07) is 21.2. The van der Waals surface area contributed by atoms with E-state index in [4.69, 9.17) is 4.74 Å². The summed E-state index contributed by atoms with van der Waals surface area (Å²) in [6.07, 6.45) is 3.23. The summed E-state index contributed by atoms with van der Waals surface area (Å²) in [7, 11) is 0. The van der Waals surface area contributed by atoms with Crippen molar-refractivity contribution >= 4 is 0 Å². The topological polar surface area (TPSA) is 21.3 Å². The van der Waals surface area contributed by atoms with Gasteiger partial charge in [-0.3, -0.25) is 0 Å². The van der Waals surface area contributed by atoms with Gasteiger partial charge < -0.3 is 10.1 Å². The second kappa shape index (κ2) is 9.19. The largest absolute Gasteiger partial charge is 0.494 e. The van der Waals surface area contributed by atoms with Gasteiger partial charge in [-0.1, -0.05) is 55.5 Å². The first-order valence-corrected chi connectivity index (χ1v) is 7.83. The van der Waals surface area contributed by atoms with Gasteiger partial charge in [-0.2, -0.15) is 0 Å². The average molecular weight is 283 g/mol. The Morgan fingerprint density at radius 3 is 2.29 bits per heavy atom. The molecule has 1 atom stereocenters. The average Bonchev–Trinajstić information content (AvgIpc) is 2.54. The molecule has 0 amide bonds. The molecule has 0 aliphatic carbocycles. The van der Waals surface area contributed by atoms with Gasteiger partial charge in [0.05, 0.1) is 6.61 Å². The number of hydrogen-bond acceptors (Lipinski definition) is 2. The Kier molecular flexibility index (Phi) is 6.82. The maximum Gasteiger partial charge on any atom is 0.119 e. The van der Waals surface area contributed by atoms with E-state index in [9.17, 15) is 0 Å². The highest BCUT2D eigenvalue weighted by Crippen LogP contribution is 2.11. The molecule has 0 bridgehead atoms. The Morgan fingerprint density at radius 2 is 1.62 bits per heavy atom. The van der Waals surface area contributed by atoms with E-state index in [0.29, 0.717) is 6.04 Å². The smallest absolute Gasteiger partial charge is 0.119 e. The van der Waals surface area contributed by atoms with Gasteiger partial charge in [-0.25, -0.2) is 0 Å². The molecule has 1 N–H and O–H groups in total. The molecule has 0 aliphatic rings. The molecule has 2 aromatic rings. The lowest BCUT2D eigenvalue weighted by molar-refractivity contribution is 0.284. The van der Waals surface area contributed by atoms with E-state index in [1.165, 1.54) is 5.56 Å². The van der Waals surface area contributed by atoms with E-state index in [1.54, 1.807) is 0 Å². The molecule has 2 rings (SSSR count). The van der Waals surface area contributed by atoms with Crippen LogP contribution in [0.2, 0.25) is 0 Å². The lowest BCUT2D eigenvalue weighted by atomic mass is 10.0. The van der Waals surface area contributed by atoms with E-state index in [0.717, 1.165) is 38.2 Å². The number of para-hydroxylation sites is 1. The normalized spacial score (nSPS) is 12.0. The second-order valence-corrected chi connectivity index (χ2v) is 5.29. The molecule has 2 heteroatoms. The first-order valence-electron chi connectivity index (χ1n) is 7.83. The molecule has 2 nitrogen and oxygen atoms in total. The minimum Gasteiger partial charge on any atom is -0.494 e. The molecule has 2 aromatic carbocycles. The summed E-state index contributed by atoms with van der Waals surface area (Å²) in [5.74, 6) is 0.950. The van der Waals surface area contributed by atoms with Gasteiger partial charge in [-0.15, -0.1) is 0 Å². The van der Waals surface area contributed by atoms with Crippen molar-refractivity contribution in [1.82, 2.24) is 5.32 Å². The van der Waals surface area contributed by atoms with Crippen molar-refractivity contribution < 1.29 is 4.74 Å². The molecule has 0 spiro atoms. The Labute approximate surface area is 128 Å². The van der Waals surface area contributed by atoms with Crippen LogP contribution in [0.5, 0.6) is 5.75 Å². The van der Waals surface area contributed by atoms with E-state index >= 15 is 0 Å². The van der Waals surface area contributed by atoms with Crippen LogP contribution in [-0.2, 0) is 6.42 Å². The Bertz CT molecular complexity index is 483. The fraction of sp³-hybridized carbons (Fsp3) is 0.368. The molecule has 0 saturated carbocycles. The van der Waals surface area contributed by atoms with Crippen molar-refractivity contribution in [2.24, 2.45) is 0 Å². The van der Waals surface area contributed by atoms with Crippen molar-refractivity contribution in [2.45, 2.75) is 32.2 Å². The minimum atomic E-state index is 0.469. The summed E-state index contributed by atoms with van der Waals surface area (Å²) in [4.78, 5) is 0. The highest BCUT2D eigenvalue weighted by molar-refractivity contribution is 5.21. The molecule has 0 aliphatic heterocycles. The number of nitrogens with one attached hydrogen (secondary N) is 1. The molecule has 0 fully saturated rings. The minimum absolute atomic E-state index is 0.469. The lowest BCUT2D eigenvalue weighted by Gasteiger charge is -2.19. The molecule has 112 valence electrons. The van der Waals surface area contributed by atoms with Crippen molar-refractivity contribution in [3.05, 3.63) is 66.2 Å². The molecule has 0 aromatic heterocycles. The summed E-state index contributed by atoms with van der Waals surface area (Å²) in [6.45, 7) is 4.01. The molecular weight excluding hydrogens is 258 g/mol. The van der Waals surface area contributed by atoms with E-state index < -0.39 is 0 Å². The maximum absolute atomic E-state index is 5.81. The maximum atomic E-state index is 5.81. The van der Waals surface area contributed by atoms with Crippen molar-refractivity contribution in [3.63, 3.8) is 0 Å². The third kappa shape index (κ3) is 6.01. The summed E-state index contributed by atoms with van der Waals surface area (Å²) in [5, 5.41) is 3.62. The summed E-state index contributed by atoms with van der Waals surface area (Å²) in [5.41, 5.74) is 1.38. The Morgan fingerprint density at radius 1 is 0.952 bits per heavy atom. The lowest BCUT2D eigenvalue weighted by Crippen LogP contribution is -2.33. The van der Waals surface area contributed by atoms with Crippen molar-refractivity contribution in [3.8, 4) is 5.75 Å². The number of hydrogen-bond donors (Lipinski definition) is 1. The SMILES string of the molecule is CCCNC(CCOc1ccccc1)Cc1ccccc1. The summed E-state index contributed by atoms with van der Waals surface area (Å²) >= 11 is 0. The van der Waals surface area contributed by atoms with Crippen LogP contribution in [0, 0.1) is 0 Å². The zero-order valence-electron chi connectivity index (χ0n) is 12.8. The van der Waals surface area contributed by atoms with Crippen molar-refractivity contribution in [1.29, 1.82) is 0 Å². The van der Waals surface area contributed by atoms with Gasteiger partial charge in [-0.05, 0) is 43.5 Å².